The van der Waals surface area contributed by atoms with Crippen LogP contribution in [0, 0.1) is 16.7 Å². The molecule has 0 fully saturated rings. The molecular weight excluding hydrogens is 168 g/mol. The predicted octanol–water partition coefficient (Wildman–Crippen LogP) is 4.83. The van der Waals surface area contributed by atoms with Gasteiger partial charge in [0.05, 0.1) is 0 Å². The van der Waals surface area contributed by atoms with Crippen molar-refractivity contribution in [2.75, 3.05) is 0 Å². The summed E-state index contributed by atoms with van der Waals surface area (Å²) in [6.45, 7) is 19.9. The van der Waals surface area contributed by atoms with Crippen molar-refractivity contribution in [3.63, 3.8) is 0 Å². The number of rotatable bonds is 2. The van der Waals surface area contributed by atoms with Crippen molar-refractivity contribution in [1.29, 1.82) is 0 Å². The lowest BCUT2D eigenvalue weighted by Crippen LogP contribution is -2.26. The molecule has 0 saturated carbocycles. The highest BCUT2D eigenvalue weighted by Gasteiger charge is 2.30. The van der Waals surface area contributed by atoms with Crippen molar-refractivity contribution in [2.45, 2.75) is 48.5 Å². The normalized spacial score (nSPS) is 15.9. The second-order valence-corrected chi connectivity index (χ2v) is 6.14. The van der Waals surface area contributed by atoms with Crippen molar-refractivity contribution in [3.8, 4) is 0 Å². The number of hydrogen-bond donors (Lipinski definition) is 0. The smallest absolute Gasteiger partial charge is 0.00278 e. The average Bonchev–Trinajstić information content (AvgIpc) is 1.94. The van der Waals surface area contributed by atoms with Crippen molar-refractivity contribution in [3.05, 3.63) is 24.3 Å². The van der Waals surface area contributed by atoms with Gasteiger partial charge >= 0.3 is 0 Å². The largest absolute Gasteiger partial charge is 0.0987 e. The van der Waals surface area contributed by atoms with Gasteiger partial charge < -0.3 is 0 Å². The maximum atomic E-state index is 4.26. The summed E-state index contributed by atoms with van der Waals surface area (Å²) in [4.78, 5) is 0. The van der Waals surface area contributed by atoms with Crippen LogP contribution in [-0.4, -0.2) is 0 Å². The van der Waals surface area contributed by atoms with E-state index in [4.69, 9.17) is 0 Å². The SMILES string of the molecule is C=C(C(/C=C\C)C(C)(C)C)C(C)(C)C. The van der Waals surface area contributed by atoms with E-state index in [1.807, 2.05) is 0 Å². The first-order valence-electron chi connectivity index (χ1n) is 5.42. The van der Waals surface area contributed by atoms with Gasteiger partial charge in [-0.05, 0) is 17.8 Å². The molecule has 0 amide bonds. The van der Waals surface area contributed by atoms with E-state index >= 15 is 0 Å². The fourth-order valence-electron chi connectivity index (χ4n) is 1.59. The molecule has 1 atom stereocenters. The van der Waals surface area contributed by atoms with E-state index in [9.17, 15) is 0 Å². The van der Waals surface area contributed by atoms with Gasteiger partial charge in [0.1, 0.15) is 0 Å². The van der Waals surface area contributed by atoms with Gasteiger partial charge in [-0.2, -0.15) is 0 Å². The van der Waals surface area contributed by atoms with Gasteiger partial charge in [0, 0.05) is 5.92 Å². The highest BCUT2D eigenvalue weighted by atomic mass is 14.3. The second-order valence-electron chi connectivity index (χ2n) is 6.14. The van der Waals surface area contributed by atoms with Crippen LogP contribution in [0.25, 0.3) is 0 Å². The minimum Gasteiger partial charge on any atom is -0.0987 e. The Hall–Kier alpha value is -0.520. The minimum absolute atomic E-state index is 0.192. The Labute approximate surface area is 90.1 Å². The Morgan fingerprint density at radius 2 is 1.50 bits per heavy atom. The fraction of sp³-hybridized carbons (Fsp3) is 0.714. The predicted molar refractivity (Wildman–Crippen MR) is 66.4 cm³/mol. The van der Waals surface area contributed by atoms with Crippen LogP contribution in [0.5, 0.6) is 0 Å². The van der Waals surface area contributed by atoms with E-state index in [-0.39, 0.29) is 10.8 Å². The summed E-state index contributed by atoms with van der Waals surface area (Å²) >= 11 is 0. The van der Waals surface area contributed by atoms with E-state index in [1.54, 1.807) is 0 Å². The first kappa shape index (κ1) is 13.5. The molecule has 0 aromatic carbocycles. The summed E-state index contributed by atoms with van der Waals surface area (Å²) in [5.41, 5.74) is 1.78. The van der Waals surface area contributed by atoms with Crippen molar-refractivity contribution in [2.24, 2.45) is 16.7 Å². The van der Waals surface area contributed by atoms with Gasteiger partial charge in [-0.3, -0.25) is 0 Å². The standard InChI is InChI=1S/C14H26/c1-9-10-12(14(6,7)8)11(2)13(3,4)5/h9-10,12H,2H2,1,3-8H3/b10-9-. The van der Waals surface area contributed by atoms with Crippen LogP contribution in [0.15, 0.2) is 24.3 Å². The van der Waals surface area contributed by atoms with E-state index in [2.05, 4.69) is 67.2 Å². The molecule has 0 N–H and O–H groups in total. The number of hydrogen-bond acceptors (Lipinski definition) is 0. The summed E-state index contributed by atoms with van der Waals surface area (Å²) in [6.07, 6.45) is 4.40. The quantitative estimate of drug-likeness (QED) is 0.552. The zero-order valence-corrected chi connectivity index (χ0v) is 10.9. The maximum absolute atomic E-state index is 4.26. The molecule has 14 heavy (non-hydrogen) atoms. The molecule has 0 aromatic rings. The van der Waals surface area contributed by atoms with Gasteiger partial charge in [-0.15, -0.1) is 0 Å². The molecule has 0 saturated heterocycles. The lowest BCUT2D eigenvalue weighted by Gasteiger charge is -2.36. The molecule has 0 aliphatic heterocycles. The summed E-state index contributed by atoms with van der Waals surface area (Å²) in [5, 5.41) is 0. The molecule has 1 unspecified atom stereocenters. The maximum Gasteiger partial charge on any atom is 0.00278 e. The summed E-state index contributed by atoms with van der Waals surface area (Å²) in [5.74, 6) is 0.465. The zero-order chi connectivity index (χ0) is 11.6. The molecule has 0 aromatic heterocycles. The lowest BCUT2D eigenvalue weighted by atomic mass is 9.69. The van der Waals surface area contributed by atoms with Gasteiger partial charge in [0.2, 0.25) is 0 Å². The Kier molecular flexibility index (Phi) is 4.17. The van der Waals surface area contributed by atoms with Crippen molar-refractivity contribution < 1.29 is 0 Å². The first-order valence-corrected chi connectivity index (χ1v) is 5.42. The van der Waals surface area contributed by atoms with E-state index in [0.29, 0.717) is 5.92 Å². The third-order valence-electron chi connectivity index (χ3n) is 2.66. The molecule has 0 spiro atoms. The molecular formula is C14H26. The average molecular weight is 194 g/mol. The lowest BCUT2D eigenvalue weighted by molar-refractivity contribution is 0.289. The van der Waals surface area contributed by atoms with Crippen LogP contribution < -0.4 is 0 Å². The summed E-state index contributed by atoms with van der Waals surface area (Å²) in [6, 6.07) is 0. The van der Waals surface area contributed by atoms with Gasteiger partial charge in [-0.25, -0.2) is 0 Å². The van der Waals surface area contributed by atoms with Crippen LogP contribution in [0.4, 0.5) is 0 Å². The van der Waals surface area contributed by atoms with Gasteiger partial charge in [0.25, 0.3) is 0 Å². The minimum atomic E-state index is 0.192. The Morgan fingerprint density at radius 1 is 1.07 bits per heavy atom. The van der Waals surface area contributed by atoms with Crippen LogP contribution >= 0.6 is 0 Å². The zero-order valence-electron chi connectivity index (χ0n) is 10.9. The van der Waals surface area contributed by atoms with E-state index in [0.717, 1.165) is 0 Å². The van der Waals surface area contributed by atoms with Gasteiger partial charge in [0.15, 0.2) is 0 Å². The highest BCUT2D eigenvalue weighted by Crippen LogP contribution is 2.40. The molecule has 0 heteroatoms. The molecule has 0 bridgehead atoms. The van der Waals surface area contributed by atoms with Crippen LogP contribution in [0.1, 0.15) is 48.5 Å². The summed E-state index contributed by atoms with van der Waals surface area (Å²) < 4.78 is 0. The molecule has 0 heterocycles. The summed E-state index contributed by atoms with van der Waals surface area (Å²) in [7, 11) is 0. The van der Waals surface area contributed by atoms with Crippen LogP contribution in [0.2, 0.25) is 0 Å². The van der Waals surface area contributed by atoms with Crippen molar-refractivity contribution in [1.82, 2.24) is 0 Å². The molecule has 0 aliphatic carbocycles. The molecule has 0 radical (unpaired) electrons. The van der Waals surface area contributed by atoms with E-state index in [1.165, 1.54) is 5.57 Å². The first-order chi connectivity index (χ1) is 6.10. The fourth-order valence-corrected chi connectivity index (χ4v) is 1.59. The van der Waals surface area contributed by atoms with Crippen LogP contribution in [-0.2, 0) is 0 Å². The second kappa shape index (κ2) is 4.33. The topological polar surface area (TPSA) is 0 Å². The molecule has 0 rings (SSSR count). The van der Waals surface area contributed by atoms with Crippen LogP contribution in [0.3, 0.4) is 0 Å². The third-order valence-corrected chi connectivity index (χ3v) is 2.66. The van der Waals surface area contributed by atoms with Gasteiger partial charge in [-0.1, -0.05) is 65.8 Å². The Balaban J connectivity index is 4.96. The highest BCUT2D eigenvalue weighted by molar-refractivity contribution is 5.18. The molecule has 82 valence electrons. The monoisotopic (exact) mass is 194 g/mol. The van der Waals surface area contributed by atoms with Crippen molar-refractivity contribution >= 4 is 0 Å². The Bertz CT molecular complexity index is 217. The third kappa shape index (κ3) is 3.69. The Morgan fingerprint density at radius 3 is 1.71 bits per heavy atom. The number of allylic oxidation sites excluding steroid dienone is 3. The molecule has 0 aliphatic rings. The molecule has 0 nitrogen and oxygen atoms in total. The van der Waals surface area contributed by atoms with E-state index < -0.39 is 0 Å².